The highest BCUT2D eigenvalue weighted by Gasteiger charge is 2.15. The first kappa shape index (κ1) is 24.9. The van der Waals surface area contributed by atoms with E-state index < -0.39 is 10.8 Å². The molecule has 0 unspecified atom stereocenters. The van der Waals surface area contributed by atoms with Gasteiger partial charge >= 0.3 is 0 Å². The molecule has 0 atom stereocenters. The molecule has 0 radical (unpaired) electrons. The van der Waals surface area contributed by atoms with Crippen molar-refractivity contribution in [2.75, 3.05) is 5.32 Å². The van der Waals surface area contributed by atoms with Crippen LogP contribution in [0, 0.1) is 24.0 Å². The summed E-state index contributed by atoms with van der Waals surface area (Å²) in [5.41, 5.74) is 3.29. The average molecular weight is 547 g/mol. The molecule has 0 aliphatic carbocycles. The summed E-state index contributed by atoms with van der Waals surface area (Å²) < 4.78 is 12.6. The molecule has 4 aromatic rings. The summed E-state index contributed by atoms with van der Waals surface area (Å²) in [4.78, 5) is 23.9. The number of carbonyl (C=O) groups excluding carboxylic acids is 1. The van der Waals surface area contributed by atoms with Crippen LogP contribution in [0.3, 0.4) is 0 Å². The average Bonchev–Trinajstić information content (AvgIpc) is 2.83. The second kappa shape index (κ2) is 11.0. The van der Waals surface area contributed by atoms with Crippen molar-refractivity contribution >= 4 is 33.2 Å². The van der Waals surface area contributed by atoms with E-state index in [9.17, 15) is 14.9 Å². The van der Waals surface area contributed by atoms with Gasteiger partial charge in [-0.3, -0.25) is 14.9 Å². The third-order valence-corrected chi connectivity index (χ3v) is 5.73. The zero-order chi connectivity index (χ0) is 25.7. The van der Waals surface area contributed by atoms with Gasteiger partial charge in [-0.25, -0.2) is 0 Å². The van der Waals surface area contributed by atoms with Gasteiger partial charge in [-0.15, -0.1) is 0 Å². The van der Waals surface area contributed by atoms with E-state index in [1.165, 1.54) is 12.1 Å². The molecule has 0 bridgehead atoms. The minimum Gasteiger partial charge on any atom is -0.489 e. The molecule has 0 aromatic heterocycles. The normalized spacial score (nSPS) is 10.5. The zero-order valence-corrected chi connectivity index (χ0v) is 21.2. The number of carbonyl (C=O) groups is 1. The molecule has 0 saturated carbocycles. The van der Waals surface area contributed by atoms with E-state index in [1.807, 2.05) is 62.4 Å². The molecule has 0 saturated heterocycles. The van der Waals surface area contributed by atoms with E-state index in [0.29, 0.717) is 17.1 Å². The molecule has 0 heterocycles. The molecular formula is C28H23BrN2O5. The number of hydrogen-bond donors (Lipinski definition) is 1. The van der Waals surface area contributed by atoms with Gasteiger partial charge in [-0.2, -0.15) is 0 Å². The first-order valence-corrected chi connectivity index (χ1v) is 11.9. The van der Waals surface area contributed by atoms with Gasteiger partial charge in [-0.1, -0.05) is 34.1 Å². The Morgan fingerprint density at radius 2 is 1.58 bits per heavy atom. The molecular weight excluding hydrogens is 524 g/mol. The maximum atomic E-state index is 13.0. The number of ether oxygens (including phenoxy) is 2. The summed E-state index contributed by atoms with van der Waals surface area (Å²) >= 11 is 3.39. The smallest absolute Gasteiger partial charge is 0.275 e. The Kier molecular flexibility index (Phi) is 7.65. The summed E-state index contributed by atoms with van der Waals surface area (Å²) in [6.07, 6.45) is 0. The van der Waals surface area contributed by atoms with Crippen molar-refractivity contribution in [2.45, 2.75) is 20.5 Å². The van der Waals surface area contributed by atoms with E-state index in [1.54, 1.807) is 24.3 Å². The van der Waals surface area contributed by atoms with Gasteiger partial charge in [0, 0.05) is 22.2 Å². The van der Waals surface area contributed by atoms with E-state index in [0.717, 1.165) is 21.2 Å². The van der Waals surface area contributed by atoms with Gasteiger partial charge < -0.3 is 14.8 Å². The van der Waals surface area contributed by atoms with E-state index in [2.05, 4.69) is 21.2 Å². The lowest BCUT2D eigenvalue weighted by Gasteiger charge is -2.11. The van der Waals surface area contributed by atoms with Crippen LogP contribution in [0.5, 0.6) is 17.2 Å². The number of non-ortho nitro benzene ring substituents is 1. The fraction of sp³-hybridized carbons (Fsp3) is 0.107. The van der Waals surface area contributed by atoms with Crippen LogP contribution < -0.4 is 14.8 Å². The molecule has 0 aliphatic heterocycles. The third-order valence-electron chi connectivity index (χ3n) is 5.20. The topological polar surface area (TPSA) is 90.7 Å². The van der Waals surface area contributed by atoms with Crippen LogP contribution in [0.4, 0.5) is 11.4 Å². The lowest BCUT2D eigenvalue weighted by molar-refractivity contribution is -0.384. The first-order chi connectivity index (χ1) is 17.2. The molecule has 0 aliphatic rings. The largest absolute Gasteiger partial charge is 0.489 e. The Hall–Kier alpha value is -4.17. The van der Waals surface area contributed by atoms with Crippen LogP contribution in [0.1, 0.15) is 27.0 Å². The van der Waals surface area contributed by atoms with Crippen molar-refractivity contribution in [1.82, 2.24) is 0 Å². The van der Waals surface area contributed by atoms with Crippen LogP contribution in [0.15, 0.2) is 89.4 Å². The molecule has 0 fully saturated rings. The van der Waals surface area contributed by atoms with Crippen molar-refractivity contribution < 1.29 is 19.2 Å². The molecule has 4 rings (SSSR count). The van der Waals surface area contributed by atoms with Crippen LogP contribution >= 0.6 is 15.9 Å². The molecule has 36 heavy (non-hydrogen) atoms. The highest BCUT2D eigenvalue weighted by molar-refractivity contribution is 9.10. The third kappa shape index (κ3) is 6.70. The highest BCUT2D eigenvalue weighted by atomic mass is 79.9. The Labute approximate surface area is 217 Å². The summed E-state index contributed by atoms with van der Waals surface area (Å²) in [7, 11) is 0. The van der Waals surface area contributed by atoms with Gasteiger partial charge in [0.1, 0.15) is 23.9 Å². The quantitative estimate of drug-likeness (QED) is 0.181. The molecule has 0 spiro atoms. The lowest BCUT2D eigenvalue weighted by atomic mass is 10.1. The molecule has 8 heteroatoms. The molecule has 1 amide bonds. The van der Waals surface area contributed by atoms with Gasteiger partial charge in [-0.05, 0) is 79.1 Å². The van der Waals surface area contributed by atoms with Crippen molar-refractivity contribution in [3.63, 3.8) is 0 Å². The van der Waals surface area contributed by atoms with Gasteiger partial charge in [0.2, 0.25) is 0 Å². The maximum absolute atomic E-state index is 13.0. The maximum Gasteiger partial charge on any atom is 0.275 e. The zero-order valence-electron chi connectivity index (χ0n) is 19.7. The van der Waals surface area contributed by atoms with E-state index >= 15 is 0 Å². The van der Waals surface area contributed by atoms with Crippen LogP contribution in [0.2, 0.25) is 0 Å². The highest BCUT2D eigenvalue weighted by Crippen LogP contribution is 2.31. The Morgan fingerprint density at radius 3 is 2.28 bits per heavy atom. The van der Waals surface area contributed by atoms with E-state index in [-0.39, 0.29) is 23.7 Å². The van der Waals surface area contributed by atoms with Gasteiger partial charge in [0.15, 0.2) is 0 Å². The predicted octanol–water partition coefficient (Wildman–Crippen LogP) is 7.60. The minimum absolute atomic E-state index is 0.191. The number of amides is 1. The molecule has 182 valence electrons. The van der Waals surface area contributed by atoms with Crippen molar-refractivity contribution in [1.29, 1.82) is 0 Å². The van der Waals surface area contributed by atoms with Gasteiger partial charge in [0.25, 0.3) is 11.6 Å². The summed E-state index contributed by atoms with van der Waals surface area (Å²) in [6, 6.07) is 24.3. The summed E-state index contributed by atoms with van der Waals surface area (Å²) in [5, 5.41) is 14.2. The Morgan fingerprint density at radius 1 is 0.889 bits per heavy atom. The number of nitro groups is 1. The van der Waals surface area contributed by atoms with Crippen LogP contribution in [-0.4, -0.2) is 10.8 Å². The SMILES string of the molecule is Cc1cc(C)cc(Oc2cc(NC(=O)c3cccc(COc4ccc(Br)cc4)c3)cc([N+](=O)[O-])c2)c1. The van der Waals surface area contributed by atoms with Crippen LogP contribution in [-0.2, 0) is 6.61 Å². The van der Waals surface area contributed by atoms with E-state index in [4.69, 9.17) is 9.47 Å². The number of nitro benzene ring substituents is 1. The Bertz CT molecular complexity index is 1400. The van der Waals surface area contributed by atoms with Crippen molar-refractivity contribution in [3.05, 3.63) is 122 Å². The Balaban J connectivity index is 1.50. The second-order valence-electron chi connectivity index (χ2n) is 8.30. The summed E-state index contributed by atoms with van der Waals surface area (Å²) in [5.74, 6) is 1.12. The number of hydrogen-bond acceptors (Lipinski definition) is 5. The fourth-order valence-electron chi connectivity index (χ4n) is 3.65. The van der Waals surface area contributed by atoms with Crippen LogP contribution in [0.25, 0.3) is 0 Å². The lowest BCUT2D eigenvalue weighted by Crippen LogP contribution is -2.12. The number of rotatable bonds is 8. The molecule has 7 nitrogen and oxygen atoms in total. The molecule has 1 N–H and O–H groups in total. The number of aryl methyl sites for hydroxylation is 2. The fourth-order valence-corrected chi connectivity index (χ4v) is 3.92. The number of nitrogens with zero attached hydrogens (tertiary/aromatic N) is 1. The van der Waals surface area contributed by atoms with Crippen molar-refractivity contribution in [3.8, 4) is 17.2 Å². The van der Waals surface area contributed by atoms with Crippen molar-refractivity contribution in [2.24, 2.45) is 0 Å². The first-order valence-electron chi connectivity index (χ1n) is 11.1. The second-order valence-corrected chi connectivity index (χ2v) is 9.21. The molecule has 4 aromatic carbocycles. The predicted molar refractivity (Wildman–Crippen MR) is 142 cm³/mol. The standard InChI is InChI=1S/C28H23BrN2O5/c1-18-10-19(2)12-26(11-18)36-27-15-23(14-24(16-27)31(33)34)30-28(32)21-5-3-4-20(13-21)17-35-25-8-6-22(29)7-9-25/h3-16H,17H2,1-2H3,(H,30,32). The summed E-state index contributed by atoms with van der Waals surface area (Å²) in [6.45, 7) is 4.17. The minimum atomic E-state index is -0.524. The number of anilines is 1. The monoisotopic (exact) mass is 546 g/mol. The number of nitrogens with one attached hydrogen (secondary N) is 1. The van der Waals surface area contributed by atoms with Gasteiger partial charge in [0.05, 0.1) is 16.7 Å². The number of halogens is 1. The number of benzene rings is 4.